The zero-order valence-electron chi connectivity index (χ0n) is 18.2. The number of fused-ring (bicyclic) bond motifs is 3. The third-order valence-corrected chi connectivity index (χ3v) is 7.71. The largest absolute Gasteiger partial charge is 0.360 e. The van der Waals surface area contributed by atoms with Crippen molar-refractivity contribution >= 4 is 23.2 Å². The highest BCUT2D eigenvalue weighted by Gasteiger charge is 2.33. The number of rotatable bonds is 2. The molecule has 3 heteroatoms. The summed E-state index contributed by atoms with van der Waals surface area (Å²) in [4.78, 5) is 7.89. The van der Waals surface area contributed by atoms with E-state index in [1.807, 2.05) is 17.8 Å². The number of anilines is 1. The molecule has 0 spiro atoms. The fourth-order valence-corrected chi connectivity index (χ4v) is 6.18. The Labute approximate surface area is 193 Å². The molecule has 2 heterocycles. The molecule has 2 aliphatic heterocycles. The summed E-state index contributed by atoms with van der Waals surface area (Å²) in [5.41, 5.74) is 8.38. The number of benzene rings is 4. The summed E-state index contributed by atoms with van der Waals surface area (Å²) in [7, 11) is 0. The third kappa shape index (κ3) is 3.08. The van der Waals surface area contributed by atoms with Gasteiger partial charge in [0.1, 0.15) is 6.17 Å². The molecule has 0 aliphatic carbocycles. The van der Waals surface area contributed by atoms with E-state index in [4.69, 9.17) is 4.99 Å². The average Bonchev–Trinajstić information content (AvgIpc) is 2.84. The number of aliphatic imine (C=N–C) groups is 1. The quantitative estimate of drug-likeness (QED) is 0.356. The van der Waals surface area contributed by atoms with Gasteiger partial charge in [-0.15, -0.1) is 0 Å². The Morgan fingerprint density at radius 3 is 2.34 bits per heavy atom. The maximum absolute atomic E-state index is 5.20. The predicted octanol–water partition coefficient (Wildman–Crippen LogP) is 7.44. The second kappa shape index (κ2) is 7.39. The first-order valence-corrected chi connectivity index (χ1v) is 11.8. The molecule has 2 nitrogen and oxygen atoms in total. The molecule has 2 aliphatic rings. The molecule has 1 unspecified atom stereocenters. The Bertz CT molecular complexity index is 1350. The first kappa shape index (κ1) is 19.4. The number of para-hydroxylation sites is 1. The van der Waals surface area contributed by atoms with Gasteiger partial charge in [-0.1, -0.05) is 98.4 Å². The third-order valence-electron chi connectivity index (χ3n) is 6.55. The molecule has 0 aromatic heterocycles. The standard InChI is InChI=1S/C29H24N2S/c1-29(2)22-13-7-9-15-25(22)32-26-17-16-20(18-23(26)29)27-21-12-6-8-14-24(21)30-28(31-27)19-10-4-3-5-11-19/h3-18,28,30H,1-2H3. The molecular weight excluding hydrogens is 408 g/mol. The van der Waals surface area contributed by atoms with Crippen LogP contribution in [0.3, 0.4) is 0 Å². The topological polar surface area (TPSA) is 24.4 Å². The number of nitrogens with one attached hydrogen (secondary N) is 1. The Hall–Kier alpha value is -3.30. The van der Waals surface area contributed by atoms with Crippen molar-refractivity contribution in [2.45, 2.75) is 35.2 Å². The van der Waals surface area contributed by atoms with E-state index in [0.717, 1.165) is 17.0 Å². The molecule has 4 aromatic rings. The number of nitrogens with zero attached hydrogens (tertiary/aromatic N) is 1. The lowest BCUT2D eigenvalue weighted by molar-refractivity contribution is 0.607. The molecule has 1 N–H and O–H groups in total. The van der Waals surface area contributed by atoms with Crippen LogP contribution in [0.1, 0.15) is 47.8 Å². The van der Waals surface area contributed by atoms with Crippen LogP contribution in [0.4, 0.5) is 5.69 Å². The van der Waals surface area contributed by atoms with Crippen molar-refractivity contribution in [2.75, 3.05) is 5.32 Å². The van der Waals surface area contributed by atoms with E-state index in [1.165, 1.54) is 32.0 Å². The minimum absolute atomic E-state index is 0.0565. The fraction of sp³-hybridized carbons (Fsp3) is 0.138. The highest BCUT2D eigenvalue weighted by atomic mass is 32.2. The highest BCUT2D eigenvalue weighted by molar-refractivity contribution is 7.99. The lowest BCUT2D eigenvalue weighted by Gasteiger charge is -2.35. The van der Waals surface area contributed by atoms with Gasteiger partial charge in [-0.2, -0.15) is 0 Å². The normalized spacial score (nSPS) is 17.9. The van der Waals surface area contributed by atoms with Crippen molar-refractivity contribution in [3.63, 3.8) is 0 Å². The van der Waals surface area contributed by atoms with Gasteiger partial charge in [0, 0.05) is 32.0 Å². The van der Waals surface area contributed by atoms with Crippen molar-refractivity contribution in [3.8, 4) is 0 Å². The van der Waals surface area contributed by atoms with Gasteiger partial charge in [-0.3, -0.25) is 4.99 Å². The molecule has 6 rings (SSSR count). The fourth-order valence-electron chi connectivity index (χ4n) is 4.81. The smallest absolute Gasteiger partial charge is 0.145 e. The molecule has 0 saturated heterocycles. The minimum Gasteiger partial charge on any atom is -0.360 e. The van der Waals surface area contributed by atoms with Gasteiger partial charge in [0.2, 0.25) is 0 Å². The molecule has 1 atom stereocenters. The van der Waals surface area contributed by atoms with E-state index in [0.29, 0.717) is 0 Å². The summed E-state index contributed by atoms with van der Waals surface area (Å²) < 4.78 is 0. The molecule has 32 heavy (non-hydrogen) atoms. The van der Waals surface area contributed by atoms with Crippen LogP contribution in [0.5, 0.6) is 0 Å². The summed E-state index contributed by atoms with van der Waals surface area (Å²) in [6, 6.07) is 34.6. The average molecular weight is 433 g/mol. The first-order chi connectivity index (χ1) is 15.6. The van der Waals surface area contributed by atoms with Crippen molar-refractivity contribution < 1.29 is 0 Å². The van der Waals surface area contributed by atoms with Gasteiger partial charge >= 0.3 is 0 Å². The van der Waals surface area contributed by atoms with Crippen LogP contribution in [0.2, 0.25) is 0 Å². The summed E-state index contributed by atoms with van der Waals surface area (Å²) in [5.74, 6) is 0. The van der Waals surface area contributed by atoms with Gasteiger partial charge in [-0.05, 0) is 41.0 Å². The van der Waals surface area contributed by atoms with E-state index >= 15 is 0 Å². The molecule has 0 bridgehead atoms. The second-order valence-corrected chi connectivity index (χ2v) is 10.00. The van der Waals surface area contributed by atoms with Crippen molar-refractivity contribution in [3.05, 3.63) is 125 Å². The van der Waals surface area contributed by atoms with E-state index in [1.54, 1.807) is 0 Å². The molecule has 156 valence electrons. The predicted molar refractivity (Wildman–Crippen MR) is 134 cm³/mol. The Balaban J connectivity index is 1.50. The van der Waals surface area contributed by atoms with Crippen molar-refractivity contribution in [2.24, 2.45) is 4.99 Å². The summed E-state index contributed by atoms with van der Waals surface area (Å²) in [6.07, 6.45) is -0.0970. The zero-order valence-corrected chi connectivity index (χ0v) is 19.0. The maximum atomic E-state index is 5.20. The summed E-state index contributed by atoms with van der Waals surface area (Å²) >= 11 is 1.87. The van der Waals surface area contributed by atoms with Gasteiger partial charge in [0.15, 0.2) is 0 Å². The maximum Gasteiger partial charge on any atom is 0.145 e. The molecule has 0 radical (unpaired) electrons. The number of hydrogen-bond acceptors (Lipinski definition) is 3. The lowest BCUT2D eigenvalue weighted by atomic mass is 9.77. The highest BCUT2D eigenvalue weighted by Crippen LogP contribution is 2.49. The van der Waals surface area contributed by atoms with Gasteiger partial charge in [-0.25, -0.2) is 0 Å². The van der Waals surface area contributed by atoms with Crippen LogP contribution in [0.25, 0.3) is 0 Å². The monoisotopic (exact) mass is 432 g/mol. The molecular formula is C29H24N2S. The SMILES string of the molecule is CC1(C)c2ccccc2Sc2ccc(C3=NC(c4ccccc4)Nc4ccccc43)cc21. The molecule has 0 amide bonds. The van der Waals surface area contributed by atoms with Crippen LogP contribution in [-0.4, -0.2) is 5.71 Å². The van der Waals surface area contributed by atoms with E-state index in [-0.39, 0.29) is 11.6 Å². The van der Waals surface area contributed by atoms with Gasteiger partial charge < -0.3 is 5.32 Å². The van der Waals surface area contributed by atoms with E-state index in [9.17, 15) is 0 Å². The lowest BCUT2D eigenvalue weighted by Crippen LogP contribution is -2.25. The van der Waals surface area contributed by atoms with E-state index < -0.39 is 0 Å². The zero-order chi connectivity index (χ0) is 21.7. The second-order valence-electron chi connectivity index (χ2n) is 8.92. The van der Waals surface area contributed by atoms with Crippen LogP contribution in [0, 0.1) is 0 Å². The summed E-state index contributed by atoms with van der Waals surface area (Å²) in [6.45, 7) is 4.66. The van der Waals surface area contributed by atoms with Crippen LogP contribution in [0.15, 0.2) is 112 Å². The van der Waals surface area contributed by atoms with Gasteiger partial charge in [0.05, 0.1) is 5.71 Å². The molecule has 0 fully saturated rings. The van der Waals surface area contributed by atoms with Crippen molar-refractivity contribution in [1.29, 1.82) is 0 Å². The number of hydrogen-bond donors (Lipinski definition) is 1. The van der Waals surface area contributed by atoms with Crippen LogP contribution < -0.4 is 5.32 Å². The Morgan fingerprint density at radius 1 is 0.750 bits per heavy atom. The van der Waals surface area contributed by atoms with Crippen LogP contribution in [-0.2, 0) is 5.41 Å². The Morgan fingerprint density at radius 2 is 1.47 bits per heavy atom. The molecule has 0 saturated carbocycles. The van der Waals surface area contributed by atoms with E-state index in [2.05, 4.69) is 110 Å². The van der Waals surface area contributed by atoms with Gasteiger partial charge in [0.25, 0.3) is 0 Å². The molecule has 4 aromatic carbocycles. The van der Waals surface area contributed by atoms with Crippen molar-refractivity contribution in [1.82, 2.24) is 0 Å². The van der Waals surface area contributed by atoms with Crippen LogP contribution >= 0.6 is 11.8 Å². The Kier molecular flexibility index (Phi) is 4.48. The first-order valence-electron chi connectivity index (χ1n) is 11.0. The minimum atomic E-state index is -0.0970. The summed E-state index contributed by atoms with van der Waals surface area (Å²) in [5, 5.41) is 3.61.